The molecule has 0 bridgehead atoms. The molecule has 4 heteroatoms. The molecule has 0 saturated heterocycles. The van der Waals surface area contributed by atoms with Gasteiger partial charge in [0.05, 0.1) is 6.61 Å². The lowest BCUT2D eigenvalue weighted by Crippen LogP contribution is -2.01. The number of nitrogens with two attached hydrogens (primary N) is 1. The van der Waals surface area contributed by atoms with Gasteiger partial charge in [0.1, 0.15) is 0 Å². The monoisotopic (exact) mass is 279 g/mol. The minimum absolute atomic E-state index is 0.0581. The Morgan fingerprint density at radius 1 is 1.05 bits per heavy atom. The quantitative estimate of drug-likeness (QED) is 0.642. The van der Waals surface area contributed by atoms with Gasteiger partial charge in [-0.3, -0.25) is 4.98 Å². The molecular formula is C17H17N3O. The zero-order valence-electron chi connectivity index (χ0n) is 11.6. The molecule has 2 aromatic carbocycles. The van der Waals surface area contributed by atoms with Gasteiger partial charge in [-0.05, 0) is 29.3 Å². The maximum atomic E-state index is 9.18. The third-order valence-corrected chi connectivity index (χ3v) is 3.51. The second-order valence-corrected chi connectivity index (χ2v) is 4.96. The molecular weight excluding hydrogens is 262 g/mol. The van der Waals surface area contributed by atoms with Crippen molar-refractivity contribution in [2.24, 2.45) is 0 Å². The van der Waals surface area contributed by atoms with Gasteiger partial charge in [0.15, 0.2) is 0 Å². The van der Waals surface area contributed by atoms with Gasteiger partial charge < -0.3 is 16.2 Å². The Labute approximate surface area is 123 Å². The molecule has 3 rings (SSSR count). The first-order valence-electron chi connectivity index (χ1n) is 6.82. The molecule has 0 saturated carbocycles. The standard InChI is InChI=1S/C17H17N3O/c18-16-4-5-17(15-10-19-7-6-14(15)16)20-9-12-2-1-3-13(8-12)11-21/h1-8,10,20-21H,9,11,18H2. The van der Waals surface area contributed by atoms with E-state index in [0.29, 0.717) is 6.54 Å². The Morgan fingerprint density at radius 3 is 2.76 bits per heavy atom. The van der Waals surface area contributed by atoms with Crippen LogP contribution in [0.2, 0.25) is 0 Å². The normalized spacial score (nSPS) is 10.7. The summed E-state index contributed by atoms with van der Waals surface area (Å²) in [5.41, 5.74) is 9.77. The summed E-state index contributed by atoms with van der Waals surface area (Å²) in [6.45, 7) is 0.740. The van der Waals surface area contributed by atoms with E-state index in [1.54, 1.807) is 6.20 Å². The summed E-state index contributed by atoms with van der Waals surface area (Å²) < 4.78 is 0. The van der Waals surface area contributed by atoms with Crippen LogP contribution in [0.4, 0.5) is 11.4 Å². The number of anilines is 2. The number of hydrogen-bond donors (Lipinski definition) is 3. The number of nitrogens with one attached hydrogen (secondary N) is 1. The molecule has 0 aliphatic heterocycles. The van der Waals surface area contributed by atoms with Gasteiger partial charge in [-0.15, -0.1) is 0 Å². The van der Waals surface area contributed by atoms with Gasteiger partial charge >= 0.3 is 0 Å². The van der Waals surface area contributed by atoms with Gasteiger partial charge in [-0.25, -0.2) is 0 Å². The highest BCUT2D eigenvalue weighted by molar-refractivity contribution is 6.00. The number of rotatable bonds is 4. The molecule has 4 nitrogen and oxygen atoms in total. The van der Waals surface area contributed by atoms with E-state index in [-0.39, 0.29) is 6.61 Å². The Morgan fingerprint density at radius 2 is 1.90 bits per heavy atom. The predicted molar refractivity (Wildman–Crippen MR) is 85.8 cm³/mol. The third-order valence-electron chi connectivity index (χ3n) is 3.51. The minimum Gasteiger partial charge on any atom is -0.398 e. The summed E-state index contributed by atoms with van der Waals surface area (Å²) >= 11 is 0. The summed E-state index contributed by atoms with van der Waals surface area (Å²) in [5.74, 6) is 0. The van der Waals surface area contributed by atoms with Crippen molar-refractivity contribution < 1.29 is 5.11 Å². The number of nitrogen functional groups attached to an aromatic ring is 1. The molecule has 21 heavy (non-hydrogen) atoms. The molecule has 0 aliphatic rings. The first-order chi connectivity index (χ1) is 10.3. The lowest BCUT2D eigenvalue weighted by Gasteiger charge is -2.11. The number of pyridine rings is 1. The van der Waals surface area contributed by atoms with E-state index in [1.165, 1.54) is 0 Å². The first-order valence-corrected chi connectivity index (χ1v) is 6.82. The number of nitrogens with zero attached hydrogens (tertiary/aromatic N) is 1. The number of benzene rings is 2. The zero-order chi connectivity index (χ0) is 14.7. The van der Waals surface area contributed by atoms with Crippen LogP contribution in [0.15, 0.2) is 54.9 Å². The van der Waals surface area contributed by atoms with Crippen LogP contribution in [-0.4, -0.2) is 10.1 Å². The molecule has 1 heterocycles. The fourth-order valence-corrected chi connectivity index (χ4v) is 2.40. The lowest BCUT2D eigenvalue weighted by molar-refractivity contribution is 0.281. The Bertz CT molecular complexity index is 771. The molecule has 0 spiro atoms. The third kappa shape index (κ3) is 2.80. The number of aliphatic hydroxyl groups excluding tert-OH is 1. The fraction of sp³-hybridized carbons (Fsp3) is 0.118. The zero-order valence-corrected chi connectivity index (χ0v) is 11.6. The average Bonchev–Trinajstić information content (AvgIpc) is 2.55. The molecule has 0 amide bonds. The number of aliphatic hydroxyl groups is 1. The predicted octanol–water partition coefficient (Wildman–Crippen LogP) is 2.92. The molecule has 106 valence electrons. The Balaban J connectivity index is 1.87. The molecule has 0 aliphatic carbocycles. The van der Waals surface area contributed by atoms with E-state index in [4.69, 9.17) is 5.73 Å². The highest BCUT2D eigenvalue weighted by atomic mass is 16.3. The van der Waals surface area contributed by atoms with Gasteiger partial charge in [-0.1, -0.05) is 24.3 Å². The topological polar surface area (TPSA) is 71.2 Å². The summed E-state index contributed by atoms with van der Waals surface area (Å²) in [7, 11) is 0. The summed E-state index contributed by atoms with van der Waals surface area (Å²) in [6, 6.07) is 13.7. The van der Waals surface area contributed by atoms with Crippen molar-refractivity contribution in [2.45, 2.75) is 13.2 Å². The van der Waals surface area contributed by atoms with E-state index in [2.05, 4.69) is 10.3 Å². The highest BCUT2D eigenvalue weighted by Gasteiger charge is 2.04. The van der Waals surface area contributed by atoms with E-state index in [0.717, 1.165) is 33.3 Å². The summed E-state index contributed by atoms with van der Waals surface area (Å²) in [5, 5.41) is 14.6. The smallest absolute Gasteiger partial charge is 0.0681 e. The molecule has 0 unspecified atom stereocenters. The van der Waals surface area contributed by atoms with E-state index < -0.39 is 0 Å². The maximum absolute atomic E-state index is 9.18. The fourth-order valence-electron chi connectivity index (χ4n) is 2.40. The maximum Gasteiger partial charge on any atom is 0.0681 e. The van der Waals surface area contributed by atoms with Crippen molar-refractivity contribution in [3.63, 3.8) is 0 Å². The van der Waals surface area contributed by atoms with Crippen LogP contribution in [0, 0.1) is 0 Å². The molecule has 4 N–H and O–H groups in total. The van der Waals surface area contributed by atoms with Crippen LogP contribution in [0.1, 0.15) is 11.1 Å². The summed E-state index contributed by atoms with van der Waals surface area (Å²) in [6.07, 6.45) is 3.56. The molecule has 3 aromatic rings. The van der Waals surface area contributed by atoms with E-state index >= 15 is 0 Å². The van der Waals surface area contributed by atoms with Crippen molar-refractivity contribution in [3.05, 3.63) is 66.0 Å². The average molecular weight is 279 g/mol. The van der Waals surface area contributed by atoms with Crippen LogP contribution in [-0.2, 0) is 13.2 Å². The number of hydrogen-bond acceptors (Lipinski definition) is 4. The SMILES string of the molecule is Nc1ccc(NCc2cccc(CO)c2)c2cnccc12. The van der Waals surface area contributed by atoms with Crippen molar-refractivity contribution in [2.75, 3.05) is 11.1 Å². The van der Waals surface area contributed by atoms with E-state index in [1.807, 2.05) is 48.7 Å². The lowest BCUT2D eigenvalue weighted by atomic mass is 10.1. The second kappa shape index (κ2) is 5.81. The molecule has 0 fully saturated rings. The number of fused-ring (bicyclic) bond motifs is 1. The van der Waals surface area contributed by atoms with Crippen molar-refractivity contribution in [1.82, 2.24) is 4.98 Å². The van der Waals surface area contributed by atoms with E-state index in [9.17, 15) is 5.11 Å². The molecule has 1 aromatic heterocycles. The van der Waals surface area contributed by atoms with Gasteiger partial charge in [0.25, 0.3) is 0 Å². The van der Waals surface area contributed by atoms with Gasteiger partial charge in [0.2, 0.25) is 0 Å². The Kier molecular flexibility index (Phi) is 3.71. The Hall–Kier alpha value is -2.59. The highest BCUT2D eigenvalue weighted by Crippen LogP contribution is 2.27. The van der Waals surface area contributed by atoms with Crippen LogP contribution in [0.25, 0.3) is 10.8 Å². The molecule has 0 atom stereocenters. The van der Waals surface area contributed by atoms with Gasteiger partial charge in [0, 0.05) is 41.1 Å². The van der Waals surface area contributed by atoms with Crippen LogP contribution < -0.4 is 11.1 Å². The van der Waals surface area contributed by atoms with Crippen molar-refractivity contribution in [3.8, 4) is 0 Å². The van der Waals surface area contributed by atoms with Crippen LogP contribution in [0.5, 0.6) is 0 Å². The van der Waals surface area contributed by atoms with Crippen LogP contribution in [0.3, 0.4) is 0 Å². The van der Waals surface area contributed by atoms with Crippen LogP contribution >= 0.6 is 0 Å². The van der Waals surface area contributed by atoms with Crippen molar-refractivity contribution >= 4 is 22.1 Å². The minimum atomic E-state index is 0.0581. The van der Waals surface area contributed by atoms with Gasteiger partial charge in [-0.2, -0.15) is 0 Å². The second-order valence-electron chi connectivity index (χ2n) is 4.96. The number of aromatic nitrogens is 1. The largest absolute Gasteiger partial charge is 0.398 e. The molecule has 0 radical (unpaired) electrons. The summed E-state index contributed by atoms with van der Waals surface area (Å²) in [4.78, 5) is 4.17. The van der Waals surface area contributed by atoms with Crippen molar-refractivity contribution in [1.29, 1.82) is 0 Å². The first kappa shape index (κ1) is 13.4.